The van der Waals surface area contributed by atoms with Gasteiger partial charge in [-0.25, -0.2) is 15.0 Å². The van der Waals surface area contributed by atoms with Crippen molar-refractivity contribution >= 4 is 63.0 Å². The molecular formula is C45H27N3S2. The van der Waals surface area contributed by atoms with E-state index in [0.717, 1.165) is 58.8 Å². The molecule has 3 heterocycles. The molecule has 0 atom stereocenters. The monoisotopic (exact) mass is 678 g/mol. The van der Waals surface area contributed by atoms with Crippen LogP contribution in [0.4, 0.5) is 0 Å². The summed E-state index contributed by atoms with van der Waals surface area (Å²) in [5.74, 6) is 1.70. The molecule has 3 aromatic heterocycles. The molecule has 3 nitrogen and oxygen atoms in total. The minimum atomic E-state index is -0.412. The fraction of sp³-hybridized carbons (Fsp3) is 0. The second kappa shape index (κ2) is 11.8. The van der Waals surface area contributed by atoms with E-state index in [1.165, 1.54) is 20.7 Å². The van der Waals surface area contributed by atoms with E-state index < -0.39 is 6.04 Å². The smallest absolute Gasteiger partial charge is 0.164 e. The molecule has 234 valence electrons. The number of thiophene rings is 2. The fourth-order valence-corrected chi connectivity index (χ4v) is 9.06. The number of hydrogen-bond donors (Lipinski definition) is 0. The van der Waals surface area contributed by atoms with Crippen molar-refractivity contribution in [3.05, 3.63) is 164 Å². The topological polar surface area (TPSA) is 38.7 Å². The van der Waals surface area contributed by atoms with E-state index in [2.05, 4.69) is 60.7 Å². The van der Waals surface area contributed by atoms with Gasteiger partial charge in [0.25, 0.3) is 0 Å². The van der Waals surface area contributed by atoms with E-state index in [4.69, 9.17) is 21.8 Å². The van der Waals surface area contributed by atoms with E-state index >= 15 is 0 Å². The Balaban J connectivity index is 1.21. The van der Waals surface area contributed by atoms with Gasteiger partial charge in [-0.2, -0.15) is 0 Å². The predicted octanol–water partition coefficient (Wildman–Crippen LogP) is 12.9. The maximum Gasteiger partial charge on any atom is 0.164 e. The Morgan fingerprint density at radius 3 is 1.92 bits per heavy atom. The molecular weight excluding hydrogens is 647 g/mol. The number of aromatic nitrogens is 3. The lowest BCUT2D eigenvalue weighted by molar-refractivity contribution is 1.08. The van der Waals surface area contributed by atoms with Crippen LogP contribution in [0.25, 0.3) is 96.8 Å². The van der Waals surface area contributed by atoms with Gasteiger partial charge >= 0.3 is 0 Å². The van der Waals surface area contributed by atoms with Crippen LogP contribution in [0.5, 0.6) is 0 Å². The molecule has 0 aliphatic carbocycles. The van der Waals surface area contributed by atoms with Crippen molar-refractivity contribution in [1.82, 2.24) is 15.0 Å². The molecule has 0 spiro atoms. The summed E-state index contributed by atoms with van der Waals surface area (Å²) < 4.78 is 47.1. The molecule has 5 heteroatoms. The highest BCUT2D eigenvalue weighted by atomic mass is 32.1. The summed E-state index contributed by atoms with van der Waals surface area (Å²) in [6.07, 6.45) is 0. The molecule has 0 N–H and O–H groups in total. The molecule has 0 saturated heterocycles. The molecule has 0 bridgehead atoms. The summed E-state index contributed by atoms with van der Waals surface area (Å²) in [5, 5.41) is 4.21. The van der Waals surface area contributed by atoms with Gasteiger partial charge in [0.05, 0.1) is 6.85 Å². The summed E-state index contributed by atoms with van der Waals surface area (Å²) in [5.41, 5.74) is 5.28. The van der Waals surface area contributed by atoms with Crippen LogP contribution in [0.2, 0.25) is 0 Å². The molecule has 10 rings (SSSR count). The Labute approximate surface area is 303 Å². The Morgan fingerprint density at radius 2 is 1.10 bits per heavy atom. The second-order valence-corrected chi connectivity index (χ2v) is 14.2. The summed E-state index contributed by atoms with van der Waals surface area (Å²) in [7, 11) is 0. The van der Waals surface area contributed by atoms with E-state index in [9.17, 15) is 0 Å². The van der Waals surface area contributed by atoms with Crippen molar-refractivity contribution in [1.29, 1.82) is 0 Å². The van der Waals surface area contributed by atoms with Crippen LogP contribution in [0.15, 0.2) is 164 Å². The Morgan fingerprint density at radius 1 is 0.400 bits per heavy atom. The van der Waals surface area contributed by atoms with E-state index in [1.54, 1.807) is 11.3 Å². The van der Waals surface area contributed by atoms with Crippen LogP contribution in [0.1, 0.15) is 6.85 Å². The number of hydrogen-bond acceptors (Lipinski definition) is 5. The first-order chi connectivity index (χ1) is 26.8. The van der Waals surface area contributed by atoms with Gasteiger partial charge in [0, 0.05) is 62.6 Å². The molecule has 7 aromatic carbocycles. The third-order valence-corrected chi connectivity index (χ3v) is 11.4. The van der Waals surface area contributed by atoms with Crippen molar-refractivity contribution < 1.29 is 6.85 Å². The van der Waals surface area contributed by atoms with Crippen LogP contribution in [0, 0.1) is 0 Å². The zero-order valence-electron chi connectivity index (χ0n) is 31.4. The number of nitrogens with zero attached hydrogens (tertiary/aromatic N) is 3. The third-order valence-electron chi connectivity index (χ3n) is 9.02. The Kier molecular flexibility index (Phi) is 5.73. The molecule has 0 amide bonds. The van der Waals surface area contributed by atoms with E-state index in [0.29, 0.717) is 23.0 Å². The first-order valence-electron chi connectivity index (χ1n) is 18.7. The van der Waals surface area contributed by atoms with Crippen LogP contribution in [0.3, 0.4) is 0 Å². The maximum atomic E-state index is 8.88. The van der Waals surface area contributed by atoms with Crippen molar-refractivity contribution in [2.75, 3.05) is 0 Å². The highest BCUT2D eigenvalue weighted by molar-refractivity contribution is 7.26. The highest BCUT2D eigenvalue weighted by Gasteiger charge is 2.19. The predicted molar refractivity (Wildman–Crippen MR) is 213 cm³/mol. The SMILES string of the molecule is [2H]c1c([2H])c([2H])c(-c2cc(-c3ccccc3)cc3c2sc2cc(-c4nc(-c5ccccc5)nc(-c5cccc6sc7ccccc7c56)n4)ccc23)c([2H])c1[2H]. The van der Waals surface area contributed by atoms with Crippen LogP contribution < -0.4 is 0 Å². The van der Waals surface area contributed by atoms with Crippen LogP contribution >= 0.6 is 22.7 Å². The zero-order valence-corrected chi connectivity index (χ0v) is 28.0. The lowest BCUT2D eigenvalue weighted by Crippen LogP contribution is -2.00. The average molecular weight is 679 g/mol. The minimum Gasteiger partial charge on any atom is -0.208 e. The molecule has 0 saturated carbocycles. The number of rotatable bonds is 5. The van der Waals surface area contributed by atoms with E-state index in [-0.39, 0.29) is 29.7 Å². The van der Waals surface area contributed by atoms with Crippen LogP contribution in [-0.2, 0) is 0 Å². The van der Waals surface area contributed by atoms with Gasteiger partial charge in [0.1, 0.15) is 0 Å². The van der Waals surface area contributed by atoms with Gasteiger partial charge in [0.15, 0.2) is 17.5 Å². The molecule has 0 aliphatic rings. The molecule has 0 radical (unpaired) electrons. The van der Waals surface area contributed by atoms with Crippen molar-refractivity contribution in [2.45, 2.75) is 0 Å². The van der Waals surface area contributed by atoms with Crippen molar-refractivity contribution in [2.24, 2.45) is 0 Å². The molecule has 0 fully saturated rings. The van der Waals surface area contributed by atoms with Gasteiger partial charge in [-0.05, 0) is 47.0 Å². The van der Waals surface area contributed by atoms with E-state index in [1.807, 2.05) is 72.8 Å². The van der Waals surface area contributed by atoms with Gasteiger partial charge in [-0.1, -0.05) is 133 Å². The fourth-order valence-electron chi connectivity index (χ4n) is 6.69. The minimum absolute atomic E-state index is 0.185. The lowest BCUT2D eigenvalue weighted by atomic mass is 9.96. The lowest BCUT2D eigenvalue weighted by Gasteiger charge is -2.10. The van der Waals surface area contributed by atoms with Crippen molar-refractivity contribution in [3.8, 4) is 56.4 Å². The van der Waals surface area contributed by atoms with Gasteiger partial charge in [-0.3, -0.25) is 0 Å². The highest BCUT2D eigenvalue weighted by Crippen LogP contribution is 2.44. The molecule has 10 aromatic rings. The molecule has 0 aliphatic heterocycles. The largest absolute Gasteiger partial charge is 0.208 e. The second-order valence-electron chi connectivity index (χ2n) is 12.0. The zero-order chi connectivity index (χ0) is 37.4. The third kappa shape index (κ3) is 4.90. The summed E-state index contributed by atoms with van der Waals surface area (Å²) in [6.45, 7) is 0. The first kappa shape index (κ1) is 24.2. The quantitative estimate of drug-likeness (QED) is 0.182. The summed E-state index contributed by atoms with van der Waals surface area (Å²) in [6, 6.07) is 43.2. The number of fused-ring (bicyclic) bond motifs is 6. The standard InChI is InChI=1S/C45H27N3S2/c1-4-13-28(14-5-1)32-25-36(29-15-6-2-7-16-29)42-37(26-32)33-24-23-31(27-40(33)50-42)44-46-43(30-17-8-3-9-18-30)47-45(48-44)35-20-12-22-39-41(35)34-19-10-11-21-38(34)49-39/h1-27H/i2D,6D,7D,15D,16D. The Hall–Kier alpha value is -6.01. The van der Waals surface area contributed by atoms with Gasteiger partial charge in [-0.15, -0.1) is 22.7 Å². The van der Waals surface area contributed by atoms with Crippen molar-refractivity contribution in [3.63, 3.8) is 0 Å². The molecule has 50 heavy (non-hydrogen) atoms. The number of benzene rings is 7. The van der Waals surface area contributed by atoms with Gasteiger partial charge in [0.2, 0.25) is 0 Å². The van der Waals surface area contributed by atoms with Gasteiger partial charge < -0.3 is 0 Å². The first-order valence-corrected chi connectivity index (χ1v) is 17.8. The summed E-state index contributed by atoms with van der Waals surface area (Å²) >= 11 is 3.28. The van der Waals surface area contributed by atoms with Crippen LogP contribution in [-0.4, -0.2) is 15.0 Å². The normalized spacial score (nSPS) is 13.0. The summed E-state index contributed by atoms with van der Waals surface area (Å²) in [4.78, 5) is 15.2. The maximum absolute atomic E-state index is 8.88. The Bertz CT molecular complexity index is 3130. The molecule has 0 unspecified atom stereocenters. The average Bonchev–Trinajstić information content (AvgIpc) is 3.81.